The summed E-state index contributed by atoms with van der Waals surface area (Å²) in [4.78, 5) is 12.8. The van der Waals surface area contributed by atoms with E-state index < -0.39 is 12.5 Å². The summed E-state index contributed by atoms with van der Waals surface area (Å²) >= 11 is 1.09. The molecule has 0 unspecified atom stereocenters. The first-order chi connectivity index (χ1) is 8.95. The lowest BCUT2D eigenvalue weighted by molar-refractivity contribution is -0.0498. The Kier molecular flexibility index (Phi) is 3.79. The summed E-state index contributed by atoms with van der Waals surface area (Å²) in [5.74, 6) is -0.611. The molecule has 2 aromatic rings. The second-order valence-corrected chi connectivity index (χ2v) is 5.04. The molecule has 0 saturated carbocycles. The van der Waals surface area contributed by atoms with E-state index >= 15 is 0 Å². The molecule has 2 aromatic heterocycles. The SMILES string of the molecule is Cc1cc(OC(F)F)c(C(=O)Nc2cnn(C)c2)s1. The monoisotopic (exact) mass is 287 g/mol. The van der Waals surface area contributed by atoms with Crippen LogP contribution in [-0.2, 0) is 7.05 Å². The van der Waals surface area contributed by atoms with Gasteiger partial charge in [0.15, 0.2) is 0 Å². The van der Waals surface area contributed by atoms with Crippen LogP contribution in [0.2, 0.25) is 0 Å². The highest BCUT2D eigenvalue weighted by Gasteiger charge is 2.19. The third-order valence-corrected chi connectivity index (χ3v) is 3.24. The van der Waals surface area contributed by atoms with Crippen molar-refractivity contribution in [2.45, 2.75) is 13.5 Å². The first kappa shape index (κ1) is 13.5. The third kappa shape index (κ3) is 3.28. The number of anilines is 1. The van der Waals surface area contributed by atoms with E-state index in [0.717, 1.165) is 11.3 Å². The number of hydrogen-bond donors (Lipinski definition) is 1. The highest BCUT2D eigenvalue weighted by Crippen LogP contribution is 2.30. The van der Waals surface area contributed by atoms with Gasteiger partial charge in [0.05, 0.1) is 11.9 Å². The Morgan fingerprint density at radius 1 is 1.58 bits per heavy atom. The summed E-state index contributed by atoms with van der Waals surface area (Å²) in [6.45, 7) is -1.25. The normalized spacial score (nSPS) is 10.8. The van der Waals surface area contributed by atoms with E-state index in [4.69, 9.17) is 0 Å². The maximum atomic E-state index is 12.2. The molecule has 0 fully saturated rings. The number of nitrogens with one attached hydrogen (secondary N) is 1. The molecule has 0 aliphatic rings. The Balaban J connectivity index is 2.18. The van der Waals surface area contributed by atoms with Crippen LogP contribution in [0.3, 0.4) is 0 Å². The minimum atomic E-state index is -2.96. The number of ether oxygens (including phenoxy) is 1. The Hall–Kier alpha value is -1.96. The lowest BCUT2D eigenvalue weighted by Gasteiger charge is -2.05. The molecule has 1 amide bonds. The molecule has 0 aliphatic heterocycles. The number of aromatic nitrogens is 2. The van der Waals surface area contributed by atoms with Crippen LogP contribution in [0.25, 0.3) is 0 Å². The van der Waals surface area contributed by atoms with Crippen molar-refractivity contribution in [2.75, 3.05) is 5.32 Å². The molecular formula is C11H11F2N3O2S. The standard InChI is InChI=1S/C11H11F2N3O2S/c1-6-3-8(18-11(12)13)9(19-6)10(17)15-7-4-14-16(2)5-7/h3-5,11H,1-2H3,(H,15,17). The minimum absolute atomic E-state index is 0.112. The van der Waals surface area contributed by atoms with E-state index in [1.165, 1.54) is 16.9 Å². The van der Waals surface area contributed by atoms with E-state index in [0.29, 0.717) is 10.6 Å². The minimum Gasteiger partial charge on any atom is -0.433 e. The van der Waals surface area contributed by atoms with Crippen LogP contribution in [0.4, 0.5) is 14.5 Å². The van der Waals surface area contributed by atoms with Crippen LogP contribution < -0.4 is 10.1 Å². The van der Waals surface area contributed by atoms with Gasteiger partial charge in [0.25, 0.3) is 5.91 Å². The van der Waals surface area contributed by atoms with Gasteiger partial charge in [-0.25, -0.2) is 0 Å². The molecule has 5 nitrogen and oxygen atoms in total. The van der Waals surface area contributed by atoms with Crippen molar-refractivity contribution in [3.8, 4) is 5.75 Å². The van der Waals surface area contributed by atoms with Gasteiger partial charge in [-0.2, -0.15) is 13.9 Å². The fraction of sp³-hybridized carbons (Fsp3) is 0.273. The van der Waals surface area contributed by atoms with Gasteiger partial charge in [0.1, 0.15) is 10.6 Å². The first-order valence-corrected chi connectivity index (χ1v) is 6.12. The van der Waals surface area contributed by atoms with Crippen LogP contribution >= 0.6 is 11.3 Å². The molecule has 0 radical (unpaired) electrons. The molecule has 2 rings (SSSR count). The van der Waals surface area contributed by atoms with Crippen molar-refractivity contribution in [3.05, 3.63) is 28.2 Å². The number of thiophene rings is 1. The van der Waals surface area contributed by atoms with Crippen molar-refractivity contribution in [3.63, 3.8) is 0 Å². The number of nitrogens with zero attached hydrogens (tertiary/aromatic N) is 2. The van der Waals surface area contributed by atoms with Crippen molar-refractivity contribution >= 4 is 22.9 Å². The van der Waals surface area contributed by atoms with Gasteiger partial charge in [-0.05, 0) is 13.0 Å². The summed E-state index contributed by atoms with van der Waals surface area (Å²) in [7, 11) is 1.70. The van der Waals surface area contributed by atoms with E-state index in [1.54, 1.807) is 20.2 Å². The van der Waals surface area contributed by atoms with Crippen LogP contribution in [-0.4, -0.2) is 22.3 Å². The van der Waals surface area contributed by atoms with Crippen molar-refractivity contribution in [1.29, 1.82) is 0 Å². The molecule has 8 heteroatoms. The Labute approximate surface area is 111 Å². The third-order valence-electron chi connectivity index (χ3n) is 2.21. The fourth-order valence-corrected chi connectivity index (χ4v) is 2.35. The number of halogens is 2. The maximum absolute atomic E-state index is 12.2. The average Bonchev–Trinajstić information content (AvgIpc) is 2.84. The number of hydrogen-bond acceptors (Lipinski definition) is 4. The lowest BCUT2D eigenvalue weighted by atomic mass is 10.3. The number of carbonyl (C=O) groups excluding carboxylic acids is 1. The molecular weight excluding hydrogens is 276 g/mol. The van der Waals surface area contributed by atoms with E-state index in [9.17, 15) is 13.6 Å². The number of aryl methyl sites for hydroxylation is 2. The Morgan fingerprint density at radius 3 is 2.89 bits per heavy atom. The summed E-state index contributed by atoms with van der Waals surface area (Å²) in [5, 5.41) is 6.46. The van der Waals surface area contributed by atoms with Crippen LogP contribution in [0.1, 0.15) is 14.5 Å². The Morgan fingerprint density at radius 2 is 2.32 bits per heavy atom. The zero-order chi connectivity index (χ0) is 14.0. The number of rotatable bonds is 4. The van der Waals surface area contributed by atoms with Crippen LogP contribution in [0.15, 0.2) is 18.5 Å². The highest BCUT2D eigenvalue weighted by molar-refractivity contribution is 7.14. The molecule has 102 valence electrons. The van der Waals surface area contributed by atoms with Gasteiger partial charge in [0.2, 0.25) is 0 Å². The largest absolute Gasteiger partial charge is 0.433 e. The molecule has 2 heterocycles. The lowest BCUT2D eigenvalue weighted by Crippen LogP contribution is -2.12. The number of amides is 1. The maximum Gasteiger partial charge on any atom is 0.387 e. The zero-order valence-corrected chi connectivity index (χ0v) is 11.0. The second kappa shape index (κ2) is 5.35. The van der Waals surface area contributed by atoms with Crippen molar-refractivity contribution in [1.82, 2.24) is 9.78 Å². The van der Waals surface area contributed by atoms with Crippen molar-refractivity contribution < 1.29 is 18.3 Å². The number of alkyl halides is 2. The molecule has 0 saturated heterocycles. The molecule has 1 N–H and O–H groups in total. The van der Waals surface area contributed by atoms with Gasteiger partial charge in [0, 0.05) is 18.1 Å². The summed E-state index contributed by atoms with van der Waals surface area (Å²) < 4.78 is 30.3. The quantitative estimate of drug-likeness (QED) is 0.940. The summed E-state index contributed by atoms with van der Waals surface area (Å²) in [6.07, 6.45) is 3.07. The van der Waals surface area contributed by atoms with Gasteiger partial charge < -0.3 is 10.1 Å². The summed E-state index contributed by atoms with van der Waals surface area (Å²) in [6, 6.07) is 1.41. The molecule has 0 spiro atoms. The van der Waals surface area contributed by atoms with E-state index in [2.05, 4.69) is 15.2 Å². The average molecular weight is 287 g/mol. The summed E-state index contributed by atoms with van der Waals surface area (Å²) in [5.41, 5.74) is 0.488. The zero-order valence-electron chi connectivity index (χ0n) is 10.2. The predicted molar refractivity (Wildman–Crippen MR) is 66.8 cm³/mol. The Bertz CT molecular complexity index is 595. The topological polar surface area (TPSA) is 56.1 Å². The van der Waals surface area contributed by atoms with Gasteiger partial charge in [-0.3, -0.25) is 9.48 Å². The molecule has 0 bridgehead atoms. The van der Waals surface area contributed by atoms with E-state index in [-0.39, 0.29) is 10.6 Å². The highest BCUT2D eigenvalue weighted by atomic mass is 32.1. The fourth-order valence-electron chi connectivity index (χ4n) is 1.51. The van der Waals surface area contributed by atoms with Crippen LogP contribution in [0, 0.1) is 6.92 Å². The second-order valence-electron chi connectivity index (χ2n) is 3.79. The number of carbonyl (C=O) groups is 1. The first-order valence-electron chi connectivity index (χ1n) is 5.31. The molecule has 0 atom stereocenters. The molecule has 19 heavy (non-hydrogen) atoms. The molecule has 0 aromatic carbocycles. The van der Waals surface area contributed by atoms with Gasteiger partial charge in [-0.15, -0.1) is 11.3 Å². The van der Waals surface area contributed by atoms with E-state index in [1.807, 2.05) is 0 Å². The predicted octanol–water partition coefficient (Wildman–Crippen LogP) is 2.64. The van der Waals surface area contributed by atoms with Gasteiger partial charge >= 0.3 is 6.61 Å². The smallest absolute Gasteiger partial charge is 0.387 e. The van der Waals surface area contributed by atoms with Crippen molar-refractivity contribution in [2.24, 2.45) is 7.05 Å². The molecule has 0 aliphatic carbocycles. The van der Waals surface area contributed by atoms with Crippen LogP contribution in [0.5, 0.6) is 5.75 Å². The van der Waals surface area contributed by atoms with Gasteiger partial charge in [-0.1, -0.05) is 0 Å².